The lowest BCUT2D eigenvalue weighted by atomic mass is 9.46. The number of carbonyl (C=O) groups excluding carboxylic acids is 5. The van der Waals surface area contributed by atoms with Gasteiger partial charge in [0.25, 0.3) is 0 Å². The van der Waals surface area contributed by atoms with Crippen molar-refractivity contribution in [2.75, 3.05) is 18.4 Å². The Kier molecular flexibility index (Phi) is 11.1. The first kappa shape index (κ1) is 38.6. The Hall–Kier alpha value is -4.14. The Morgan fingerprint density at radius 1 is 1.09 bits per heavy atom. The zero-order valence-corrected chi connectivity index (χ0v) is 30.5. The molecule has 1 aromatic carbocycles. The van der Waals surface area contributed by atoms with Gasteiger partial charge in [-0.3, -0.25) is 14.4 Å². The maximum absolute atomic E-state index is 15.9. The topological polar surface area (TPSA) is 195 Å². The Morgan fingerprint density at radius 3 is 2.57 bits per heavy atom. The molecule has 0 radical (unpaired) electrons. The fraction of sp³-hybridized carbons (Fsp3) is 0.615. The highest BCUT2D eigenvalue weighted by atomic mass is 19.1. The van der Waals surface area contributed by atoms with Gasteiger partial charge in [-0.1, -0.05) is 45.4 Å². The number of urea groups is 1. The maximum Gasteiger partial charge on any atom is 0.407 e. The average molecular weight is 739 g/mol. The second kappa shape index (κ2) is 15.3. The number of nitrogens with two attached hydrogens (primary N) is 1. The smallest absolute Gasteiger partial charge is 0.407 e. The molecule has 10 atom stereocenters. The van der Waals surface area contributed by atoms with Gasteiger partial charge in [0.2, 0.25) is 5.91 Å². The van der Waals surface area contributed by atoms with Crippen LogP contribution in [0.15, 0.2) is 48.1 Å². The molecule has 4 fully saturated rings. The number of halogens is 1. The number of unbranched alkanes of at least 4 members (excludes halogenated alkanes) is 1. The van der Waals surface area contributed by atoms with Crippen LogP contribution in [0.25, 0.3) is 0 Å². The van der Waals surface area contributed by atoms with Gasteiger partial charge < -0.3 is 41.0 Å². The van der Waals surface area contributed by atoms with E-state index in [-0.39, 0.29) is 61.1 Å². The molecule has 4 amide bonds. The van der Waals surface area contributed by atoms with E-state index in [0.717, 1.165) is 6.42 Å². The summed E-state index contributed by atoms with van der Waals surface area (Å²) in [7, 11) is 0. The Bertz CT molecular complexity index is 1670. The summed E-state index contributed by atoms with van der Waals surface area (Å²) < 4.78 is 34.3. The van der Waals surface area contributed by atoms with Crippen LogP contribution in [0.3, 0.4) is 0 Å². The van der Waals surface area contributed by atoms with Crippen LogP contribution in [0.5, 0.6) is 0 Å². The number of alkyl halides is 1. The van der Waals surface area contributed by atoms with E-state index in [1.807, 2.05) is 20.8 Å². The number of Topliss-reactive ketones (excluding diaryl/α,β-unsaturated/α-hetero) is 1. The van der Waals surface area contributed by atoms with E-state index in [9.17, 15) is 29.1 Å². The Balaban J connectivity index is 1.08. The monoisotopic (exact) mass is 738 g/mol. The first-order valence-electron chi connectivity index (χ1n) is 18.7. The number of hydrogen-bond acceptors (Lipinski definition) is 9. The standard InChI is InChI=1S/C39H51FN4O9/c1-4-7-33-52-31-18-26-25-17-28(40)27-16-24(45)13-14-37(27,2)34(25)29(46)19-38(26,3)39(31,53-33)30(47)20-43-36(50)51-21-22-9-11-23(12-10-22)44-32(48)8-5-6-15-42-35(41)49/h9-14,16,25-26,28-29,31,33-34,46H,4-8,15,17-21H2,1-3H3,(H,43,50)(H,44,48)(H3,41,42,49)/t25-,26?,28-,29-,31+,33?,34?,37-,38-,39+/m0/s1. The van der Waals surface area contributed by atoms with E-state index in [4.69, 9.17) is 19.9 Å². The lowest BCUT2D eigenvalue weighted by Crippen LogP contribution is -2.65. The lowest BCUT2D eigenvalue weighted by Gasteiger charge is -2.60. The molecule has 1 heterocycles. The summed E-state index contributed by atoms with van der Waals surface area (Å²) in [5.41, 5.74) is 3.43. The largest absolute Gasteiger partial charge is 0.445 e. The molecular formula is C39H51FN4O9. The lowest BCUT2D eigenvalue weighted by molar-refractivity contribution is -0.200. The Labute approximate surface area is 308 Å². The van der Waals surface area contributed by atoms with Crippen molar-refractivity contribution in [2.24, 2.45) is 34.3 Å². The van der Waals surface area contributed by atoms with Crippen molar-refractivity contribution < 1.29 is 47.7 Å². The molecule has 0 aromatic heterocycles. The van der Waals surface area contributed by atoms with Gasteiger partial charge in [-0.15, -0.1) is 0 Å². The zero-order chi connectivity index (χ0) is 38.1. The zero-order valence-electron chi connectivity index (χ0n) is 30.5. The highest BCUT2D eigenvalue weighted by Crippen LogP contribution is 2.70. The summed E-state index contributed by atoms with van der Waals surface area (Å²) in [4.78, 5) is 62.4. The number of hydrogen-bond donors (Lipinski definition) is 5. The second-order valence-corrected chi connectivity index (χ2v) is 15.6. The van der Waals surface area contributed by atoms with Crippen molar-refractivity contribution in [3.05, 3.63) is 53.6 Å². The van der Waals surface area contributed by atoms with Gasteiger partial charge in [-0.05, 0) is 85.8 Å². The van der Waals surface area contributed by atoms with Crippen LogP contribution in [-0.2, 0) is 35.2 Å². The molecule has 53 heavy (non-hydrogen) atoms. The molecule has 1 aromatic rings. The highest BCUT2D eigenvalue weighted by Gasteiger charge is 2.76. The molecule has 0 spiro atoms. The van der Waals surface area contributed by atoms with Crippen LogP contribution in [0.4, 0.5) is 19.7 Å². The molecular weight excluding hydrogens is 687 g/mol. The number of aliphatic hydroxyl groups excluding tert-OH is 1. The number of nitrogens with one attached hydrogen (secondary N) is 3. The number of alkyl carbamates (subject to hydrolysis) is 1. The van der Waals surface area contributed by atoms with Crippen LogP contribution in [0, 0.1) is 28.6 Å². The highest BCUT2D eigenvalue weighted by molar-refractivity contribution is 6.01. The molecule has 4 aliphatic carbocycles. The van der Waals surface area contributed by atoms with E-state index in [2.05, 4.69) is 16.0 Å². The summed E-state index contributed by atoms with van der Waals surface area (Å²) in [5, 5.41) is 19.7. The molecule has 6 rings (SSSR count). The summed E-state index contributed by atoms with van der Waals surface area (Å²) in [6.45, 7) is 5.74. The number of benzene rings is 1. The number of anilines is 1. The molecule has 288 valence electrons. The Morgan fingerprint density at radius 2 is 1.85 bits per heavy atom. The van der Waals surface area contributed by atoms with E-state index in [0.29, 0.717) is 49.1 Å². The van der Waals surface area contributed by atoms with Crippen LogP contribution in [0.2, 0.25) is 0 Å². The van der Waals surface area contributed by atoms with Gasteiger partial charge in [0.15, 0.2) is 23.5 Å². The van der Waals surface area contributed by atoms with E-state index >= 15 is 4.39 Å². The number of ketones is 2. The third kappa shape index (κ3) is 7.25. The minimum atomic E-state index is -1.47. The van der Waals surface area contributed by atoms with Gasteiger partial charge in [0, 0.05) is 35.4 Å². The van der Waals surface area contributed by atoms with Crippen molar-refractivity contribution in [1.82, 2.24) is 10.6 Å². The molecule has 5 aliphatic rings. The number of rotatable bonds is 13. The van der Waals surface area contributed by atoms with Gasteiger partial charge in [0.05, 0.1) is 18.8 Å². The summed E-state index contributed by atoms with van der Waals surface area (Å²) >= 11 is 0. The van der Waals surface area contributed by atoms with Crippen LogP contribution < -0.4 is 21.7 Å². The van der Waals surface area contributed by atoms with Crippen molar-refractivity contribution >= 4 is 35.3 Å². The predicted molar refractivity (Wildman–Crippen MR) is 191 cm³/mol. The van der Waals surface area contributed by atoms with E-state index in [1.165, 1.54) is 12.2 Å². The van der Waals surface area contributed by atoms with E-state index < -0.39 is 59.8 Å². The third-order valence-electron chi connectivity index (χ3n) is 12.3. The molecule has 3 saturated carbocycles. The van der Waals surface area contributed by atoms with Crippen molar-refractivity contribution in [1.29, 1.82) is 0 Å². The van der Waals surface area contributed by atoms with Gasteiger partial charge in [-0.25, -0.2) is 14.0 Å². The molecule has 1 aliphatic heterocycles. The molecule has 6 N–H and O–H groups in total. The third-order valence-corrected chi connectivity index (χ3v) is 12.3. The van der Waals surface area contributed by atoms with E-state index in [1.54, 1.807) is 30.3 Å². The fourth-order valence-electron chi connectivity index (χ4n) is 10.0. The van der Waals surface area contributed by atoms with Crippen molar-refractivity contribution in [3.63, 3.8) is 0 Å². The predicted octanol–water partition coefficient (Wildman–Crippen LogP) is 4.38. The number of aliphatic hydroxyl groups is 1. The van der Waals surface area contributed by atoms with Crippen molar-refractivity contribution in [2.45, 2.75) is 109 Å². The number of fused-ring (bicyclic) bond motifs is 7. The molecule has 14 heteroatoms. The number of carbonyl (C=O) groups is 5. The molecule has 3 unspecified atom stereocenters. The summed E-state index contributed by atoms with van der Waals surface area (Å²) in [6, 6.07) is 6.20. The van der Waals surface area contributed by atoms with Crippen LogP contribution >= 0.6 is 0 Å². The number of ether oxygens (including phenoxy) is 3. The van der Waals surface area contributed by atoms with Gasteiger partial charge in [0.1, 0.15) is 12.8 Å². The van der Waals surface area contributed by atoms with Gasteiger partial charge in [-0.2, -0.15) is 0 Å². The fourth-order valence-corrected chi connectivity index (χ4v) is 10.0. The van der Waals surface area contributed by atoms with Crippen LogP contribution in [0.1, 0.15) is 77.7 Å². The molecule has 1 saturated heterocycles. The first-order valence-corrected chi connectivity index (χ1v) is 18.7. The van der Waals surface area contributed by atoms with Gasteiger partial charge >= 0.3 is 12.1 Å². The normalized spacial score (nSPS) is 35.2. The minimum Gasteiger partial charge on any atom is -0.445 e. The number of amides is 4. The first-order chi connectivity index (χ1) is 25.2. The molecule has 0 bridgehead atoms. The van der Waals surface area contributed by atoms with Crippen molar-refractivity contribution in [3.8, 4) is 0 Å². The quantitative estimate of drug-likeness (QED) is 0.183. The number of primary amides is 1. The second-order valence-electron chi connectivity index (χ2n) is 15.6. The summed E-state index contributed by atoms with van der Waals surface area (Å²) in [5.74, 6) is -1.71. The SMILES string of the molecule is CCCC1O[C@@H]2CC3[C@@H]4C[C@H](F)C5=CC(=O)C=C[C@]5(C)C4[C@@H](O)C[C@]3(C)[C@]2(C(=O)CNC(=O)OCc2ccc(NC(=O)CCCCNC(N)=O)cc2)O1. The van der Waals surface area contributed by atoms with Crippen LogP contribution in [-0.4, -0.2) is 78.1 Å². The number of allylic oxidation sites excluding steroid dienone is 4. The average Bonchev–Trinajstić information content (AvgIpc) is 3.59. The maximum atomic E-state index is 15.9. The summed E-state index contributed by atoms with van der Waals surface area (Å²) in [6.07, 6.45) is 3.77. The minimum absolute atomic E-state index is 0.0816. The molecule has 13 nitrogen and oxygen atoms in total.